The quantitative estimate of drug-likeness (QED) is 0.820. The normalized spacial score (nSPS) is 13.4. The van der Waals surface area contributed by atoms with E-state index in [1.165, 1.54) is 7.11 Å². The molecule has 1 aliphatic heterocycles. The van der Waals surface area contributed by atoms with Gasteiger partial charge in [0.1, 0.15) is 0 Å². The fraction of sp³-hybridized carbons (Fsp3) is 0.389. The third-order valence-corrected chi connectivity index (χ3v) is 4.53. The number of carbonyl (C=O) groups is 3. The summed E-state index contributed by atoms with van der Waals surface area (Å²) >= 11 is 0. The van der Waals surface area contributed by atoms with Crippen LogP contribution in [0, 0.1) is 0 Å². The number of esters is 1. The molecule has 0 bridgehead atoms. The monoisotopic (exact) mass is 343 g/mol. The first-order chi connectivity index (χ1) is 12.0. The van der Waals surface area contributed by atoms with Gasteiger partial charge < -0.3 is 19.9 Å². The molecule has 25 heavy (non-hydrogen) atoms. The van der Waals surface area contributed by atoms with E-state index < -0.39 is 0 Å². The number of hydrogen-bond donors (Lipinski definition) is 2. The van der Waals surface area contributed by atoms with E-state index >= 15 is 0 Å². The SMILES string of the molecule is COC(=O)CCNC(=O)c1ccc2[nH]c3c(c2c1)CN(C(C)=O)CC3. The average Bonchev–Trinajstić information content (AvgIpc) is 2.98. The minimum atomic E-state index is -0.361. The molecule has 132 valence electrons. The number of methoxy groups -OCH3 is 1. The van der Waals surface area contributed by atoms with Crippen molar-refractivity contribution in [3.05, 3.63) is 35.0 Å². The van der Waals surface area contributed by atoms with Gasteiger partial charge in [-0.15, -0.1) is 0 Å². The minimum absolute atomic E-state index is 0.0525. The van der Waals surface area contributed by atoms with Crippen molar-refractivity contribution in [2.24, 2.45) is 0 Å². The van der Waals surface area contributed by atoms with Crippen LogP contribution in [0.3, 0.4) is 0 Å². The standard InChI is InChI=1S/C18H21N3O4/c1-11(22)21-8-6-16-14(10-21)13-9-12(3-4-15(13)20-16)18(24)19-7-5-17(23)25-2/h3-4,9,20H,5-8,10H2,1-2H3,(H,19,24). The summed E-state index contributed by atoms with van der Waals surface area (Å²) in [6, 6.07) is 5.46. The highest BCUT2D eigenvalue weighted by Crippen LogP contribution is 2.28. The number of H-pyrrole nitrogens is 1. The van der Waals surface area contributed by atoms with Crippen molar-refractivity contribution < 1.29 is 19.1 Å². The molecule has 3 rings (SSSR count). The highest BCUT2D eigenvalue weighted by atomic mass is 16.5. The van der Waals surface area contributed by atoms with Crippen LogP contribution in [0.15, 0.2) is 18.2 Å². The largest absolute Gasteiger partial charge is 0.469 e. The lowest BCUT2D eigenvalue weighted by Crippen LogP contribution is -2.33. The van der Waals surface area contributed by atoms with E-state index in [-0.39, 0.29) is 30.7 Å². The van der Waals surface area contributed by atoms with E-state index in [4.69, 9.17) is 0 Å². The van der Waals surface area contributed by atoms with Crippen molar-refractivity contribution in [1.82, 2.24) is 15.2 Å². The maximum Gasteiger partial charge on any atom is 0.307 e. The molecule has 0 radical (unpaired) electrons. The van der Waals surface area contributed by atoms with Crippen molar-refractivity contribution in [1.29, 1.82) is 0 Å². The van der Waals surface area contributed by atoms with E-state index in [9.17, 15) is 14.4 Å². The second-order valence-corrected chi connectivity index (χ2v) is 6.12. The van der Waals surface area contributed by atoms with Gasteiger partial charge in [-0.3, -0.25) is 14.4 Å². The van der Waals surface area contributed by atoms with Crippen LogP contribution in [-0.2, 0) is 27.3 Å². The summed E-state index contributed by atoms with van der Waals surface area (Å²) in [6.07, 6.45) is 0.919. The van der Waals surface area contributed by atoms with Gasteiger partial charge in [-0.05, 0) is 18.2 Å². The zero-order valence-electron chi connectivity index (χ0n) is 14.3. The number of rotatable bonds is 4. The van der Waals surface area contributed by atoms with Crippen molar-refractivity contribution in [2.45, 2.75) is 26.3 Å². The van der Waals surface area contributed by atoms with Gasteiger partial charge in [0.25, 0.3) is 5.91 Å². The Morgan fingerprint density at radius 3 is 2.84 bits per heavy atom. The summed E-state index contributed by atoms with van der Waals surface area (Å²) in [5, 5.41) is 3.67. The maximum atomic E-state index is 12.3. The van der Waals surface area contributed by atoms with Gasteiger partial charge in [-0.1, -0.05) is 0 Å². The lowest BCUT2D eigenvalue weighted by Gasteiger charge is -2.26. The number of nitrogens with zero attached hydrogens (tertiary/aromatic N) is 1. The number of benzene rings is 1. The Bertz CT molecular complexity index is 840. The van der Waals surface area contributed by atoms with Gasteiger partial charge >= 0.3 is 5.97 Å². The maximum absolute atomic E-state index is 12.3. The van der Waals surface area contributed by atoms with E-state index in [1.807, 2.05) is 12.1 Å². The van der Waals surface area contributed by atoms with Crippen LogP contribution >= 0.6 is 0 Å². The Morgan fingerprint density at radius 2 is 2.12 bits per heavy atom. The summed E-state index contributed by atoms with van der Waals surface area (Å²) in [7, 11) is 1.32. The van der Waals surface area contributed by atoms with Gasteiger partial charge in [0.05, 0.1) is 13.5 Å². The molecular formula is C18H21N3O4. The first-order valence-electron chi connectivity index (χ1n) is 8.23. The number of aromatic amines is 1. The fourth-order valence-corrected chi connectivity index (χ4v) is 3.11. The predicted molar refractivity (Wildman–Crippen MR) is 92.1 cm³/mol. The van der Waals surface area contributed by atoms with Gasteiger partial charge in [0.2, 0.25) is 5.91 Å². The number of amides is 2. The van der Waals surface area contributed by atoms with Crippen LogP contribution in [0.25, 0.3) is 10.9 Å². The lowest BCUT2D eigenvalue weighted by molar-refractivity contribution is -0.140. The van der Waals surface area contributed by atoms with Crippen LogP contribution in [0.4, 0.5) is 0 Å². The Labute approximate surface area is 145 Å². The number of hydrogen-bond acceptors (Lipinski definition) is 4. The van der Waals surface area contributed by atoms with Gasteiger partial charge in [-0.2, -0.15) is 0 Å². The zero-order valence-corrected chi connectivity index (χ0v) is 14.3. The lowest BCUT2D eigenvalue weighted by atomic mass is 10.0. The van der Waals surface area contributed by atoms with E-state index in [1.54, 1.807) is 17.9 Å². The number of carbonyl (C=O) groups excluding carboxylic acids is 3. The summed E-state index contributed by atoms with van der Waals surface area (Å²) in [6.45, 7) is 3.06. The molecule has 2 amide bonds. The number of ether oxygens (including phenoxy) is 1. The molecule has 0 unspecified atom stereocenters. The number of nitrogens with one attached hydrogen (secondary N) is 2. The van der Waals surface area contributed by atoms with E-state index in [0.717, 1.165) is 28.6 Å². The second kappa shape index (κ2) is 6.96. The van der Waals surface area contributed by atoms with Crippen molar-refractivity contribution in [3.8, 4) is 0 Å². The first kappa shape index (κ1) is 17.0. The summed E-state index contributed by atoms with van der Waals surface area (Å²) in [5.74, 6) is -0.545. The third-order valence-electron chi connectivity index (χ3n) is 4.53. The van der Waals surface area contributed by atoms with Crippen molar-refractivity contribution in [3.63, 3.8) is 0 Å². The summed E-state index contributed by atoms with van der Waals surface area (Å²) < 4.78 is 4.55. The van der Waals surface area contributed by atoms with Crippen molar-refractivity contribution in [2.75, 3.05) is 20.2 Å². The molecule has 1 aromatic heterocycles. The second-order valence-electron chi connectivity index (χ2n) is 6.12. The smallest absolute Gasteiger partial charge is 0.307 e. The number of aromatic nitrogens is 1. The minimum Gasteiger partial charge on any atom is -0.469 e. The summed E-state index contributed by atoms with van der Waals surface area (Å²) in [4.78, 5) is 40.2. The van der Waals surface area contributed by atoms with E-state index in [0.29, 0.717) is 18.7 Å². The van der Waals surface area contributed by atoms with Crippen LogP contribution in [0.2, 0.25) is 0 Å². The molecule has 7 heteroatoms. The van der Waals surface area contributed by atoms with Crippen LogP contribution in [-0.4, -0.2) is 47.9 Å². The number of fused-ring (bicyclic) bond motifs is 3. The van der Waals surface area contributed by atoms with Crippen LogP contribution < -0.4 is 5.32 Å². The molecule has 2 heterocycles. The summed E-state index contributed by atoms with van der Waals surface area (Å²) in [5.41, 5.74) is 3.68. The molecule has 1 aromatic carbocycles. The van der Waals surface area contributed by atoms with Gasteiger partial charge in [0, 0.05) is 60.7 Å². The molecule has 0 spiro atoms. The Balaban J connectivity index is 1.80. The van der Waals surface area contributed by atoms with Crippen molar-refractivity contribution >= 4 is 28.7 Å². The molecule has 0 saturated carbocycles. The predicted octanol–water partition coefficient (Wildman–Crippen LogP) is 1.37. The van der Waals surface area contributed by atoms with E-state index in [2.05, 4.69) is 15.0 Å². The average molecular weight is 343 g/mol. The topological polar surface area (TPSA) is 91.5 Å². The van der Waals surface area contributed by atoms with Gasteiger partial charge in [-0.25, -0.2) is 0 Å². The molecule has 2 aromatic rings. The Morgan fingerprint density at radius 1 is 1.32 bits per heavy atom. The zero-order chi connectivity index (χ0) is 18.0. The molecular weight excluding hydrogens is 322 g/mol. The molecule has 0 aliphatic carbocycles. The first-order valence-corrected chi connectivity index (χ1v) is 8.23. The third kappa shape index (κ3) is 3.50. The molecule has 0 fully saturated rings. The van der Waals surface area contributed by atoms with Gasteiger partial charge in [0.15, 0.2) is 0 Å². The highest BCUT2D eigenvalue weighted by Gasteiger charge is 2.22. The highest BCUT2D eigenvalue weighted by molar-refractivity contribution is 5.99. The molecule has 2 N–H and O–H groups in total. The van der Waals surface area contributed by atoms with Crippen LogP contribution in [0.1, 0.15) is 35.0 Å². The molecule has 0 atom stereocenters. The molecule has 7 nitrogen and oxygen atoms in total. The Hall–Kier alpha value is -2.83. The fourth-order valence-electron chi connectivity index (χ4n) is 3.11. The molecule has 0 saturated heterocycles. The Kier molecular flexibility index (Phi) is 4.74. The molecule has 1 aliphatic rings. The van der Waals surface area contributed by atoms with Crippen LogP contribution in [0.5, 0.6) is 0 Å².